The van der Waals surface area contributed by atoms with Crippen LogP contribution in [0.2, 0.25) is 0 Å². The van der Waals surface area contributed by atoms with Crippen LogP contribution in [0.4, 0.5) is 13.2 Å². The molecular weight excluding hydrogens is 325 g/mol. The molecule has 6 nitrogen and oxygen atoms in total. The molecule has 1 atom stereocenters. The number of alkyl halides is 3. The van der Waals surface area contributed by atoms with Crippen molar-refractivity contribution in [3.05, 3.63) is 0 Å². The first-order valence-electron chi connectivity index (χ1n) is 8.35. The number of amides is 2. The van der Waals surface area contributed by atoms with Crippen LogP contribution in [-0.2, 0) is 9.59 Å². The topological polar surface area (TPSA) is 55.9 Å². The molecule has 0 radical (unpaired) electrons. The van der Waals surface area contributed by atoms with E-state index >= 15 is 0 Å². The van der Waals surface area contributed by atoms with E-state index in [0.717, 1.165) is 25.9 Å². The Morgan fingerprint density at radius 2 is 1.62 bits per heavy atom. The molecule has 2 heterocycles. The van der Waals surface area contributed by atoms with Gasteiger partial charge in [-0.3, -0.25) is 19.4 Å². The highest BCUT2D eigenvalue weighted by molar-refractivity contribution is 5.81. The molecule has 0 aromatic carbocycles. The van der Waals surface area contributed by atoms with Crippen molar-refractivity contribution in [3.8, 4) is 0 Å². The average Bonchev–Trinajstić information content (AvgIpc) is 3.06. The van der Waals surface area contributed by atoms with E-state index in [-0.39, 0.29) is 5.91 Å². The van der Waals surface area contributed by atoms with Gasteiger partial charge in [0.25, 0.3) is 0 Å². The van der Waals surface area contributed by atoms with Crippen molar-refractivity contribution in [2.24, 2.45) is 0 Å². The van der Waals surface area contributed by atoms with Crippen molar-refractivity contribution < 1.29 is 22.8 Å². The van der Waals surface area contributed by atoms with Gasteiger partial charge in [-0.1, -0.05) is 0 Å². The standard InChI is InChI=1S/C15H25F3N4O2/c1-12(14(24)19-11-15(16,17)18)21-8-6-20(7-9-21)10-13(23)22-4-2-3-5-22/h12H,2-11H2,1H3,(H,19,24). The van der Waals surface area contributed by atoms with Gasteiger partial charge in [0, 0.05) is 39.3 Å². The molecule has 2 rings (SSSR count). The Bertz CT molecular complexity index is 444. The minimum Gasteiger partial charge on any atom is -0.346 e. The van der Waals surface area contributed by atoms with Gasteiger partial charge in [-0.05, 0) is 19.8 Å². The lowest BCUT2D eigenvalue weighted by Gasteiger charge is -2.37. The summed E-state index contributed by atoms with van der Waals surface area (Å²) in [5, 5.41) is 1.92. The molecule has 24 heavy (non-hydrogen) atoms. The third-order valence-electron chi connectivity index (χ3n) is 4.61. The third-order valence-corrected chi connectivity index (χ3v) is 4.61. The Balaban J connectivity index is 1.71. The molecule has 0 aromatic rings. The number of rotatable bonds is 5. The molecule has 2 saturated heterocycles. The predicted molar refractivity (Wildman–Crippen MR) is 82.4 cm³/mol. The number of carbonyl (C=O) groups is 2. The smallest absolute Gasteiger partial charge is 0.346 e. The normalized spacial score (nSPS) is 21.8. The van der Waals surface area contributed by atoms with Crippen LogP contribution < -0.4 is 5.32 Å². The summed E-state index contributed by atoms with van der Waals surface area (Å²) in [5.41, 5.74) is 0. The molecule has 9 heteroatoms. The molecule has 2 fully saturated rings. The highest BCUT2D eigenvalue weighted by atomic mass is 19.4. The Hall–Kier alpha value is -1.35. The van der Waals surface area contributed by atoms with Crippen molar-refractivity contribution in [1.29, 1.82) is 0 Å². The summed E-state index contributed by atoms with van der Waals surface area (Å²) < 4.78 is 36.5. The summed E-state index contributed by atoms with van der Waals surface area (Å²) in [6, 6.07) is -0.608. The molecule has 1 N–H and O–H groups in total. The summed E-state index contributed by atoms with van der Waals surface area (Å²) in [6.07, 6.45) is -2.28. The van der Waals surface area contributed by atoms with E-state index < -0.39 is 24.7 Å². The quantitative estimate of drug-likeness (QED) is 0.775. The molecular formula is C15H25F3N4O2. The van der Waals surface area contributed by atoms with E-state index in [2.05, 4.69) is 0 Å². The van der Waals surface area contributed by atoms with Crippen molar-refractivity contribution in [3.63, 3.8) is 0 Å². The molecule has 0 bridgehead atoms. The maximum Gasteiger partial charge on any atom is 0.405 e. The number of hydrogen-bond acceptors (Lipinski definition) is 4. The van der Waals surface area contributed by atoms with Gasteiger partial charge in [0.2, 0.25) is 11.8 Å². The number of nitrogens with one attached hydrogen (secondary N) is 1. The zero-order chi connectivity index (χ0) is 17.7. The van der Waals surface area contributed by atoms with Crippen LogP contribution in [0.25, 0.3) is 0 Å². The summed E-state index contributed by atoms with van der Waals surface area (Å²) in [5.74, 6) is -0.481. The van der Waals surface area contributed by atoms with E-state index in [1.807, 2.05) is 20.0 Å². The number of nitrogens with zero attached hydrogens (tertiary/aromatic N) is 3. The van der Waals surface area contributed by atoms with Gasteiger partial charge in [0.05, 0.1) is 12.6 Å². The molecule has 2 aliphatic heterocycles. The molecule has 1 unspecified atom stereocenters. The summed E-state index contributed by atoms with van der Waals surface area (Å²) in [6.45, 7) is 4.73. The van der Waals surface area contributed by atoms with Crippen LogP contribution in [0.15, 0.2) is 0 Å². The first kappa shape index (κ1) is 19.0. The van der Waals surface area contributed by atoms with Gasteiger partial charge >= 0.3 is 6.18 Å². The molecule has 0 aromatic heterocycles. The van der Waals surface area contributed by atoms with E-state index in [9.17, 15) is 22.8 Å². The fourth-order valence-corrected chi connectivity index (χ4v) is 3.07. The fraction of sp³-hybridized carbons (Fsp3) is 0.867. The lowest BCUT2D eigenvalue weighted by atomic mass is 10.2. The van der Waals surface area contributed by atoms with Crippen molar-refractivity contribution >= 4 is 11.8 Å². The Kier molecular flexibility index (Phi) is 6.45. The lowest BCUT2D eigenvalue weighted by Crippen LogP contribution is -2.55. The number of halogens is 3. The summed E-state index contributed by atoms with van der Waals surface area (Å²) in [4.78, 5) is 29.7. The Morgan fingerprint density at radius 3 is 2.17 bits per heavy atom. The lowest BCUT2D eigenvalue weighted by molar-refractivity contribution is -0.141. The third kappa shape index (κ3) is 5.62. The molecule has 0 aliphatic carbocycles. The SMILES string of the molecule is CC(C(=O)NCC(F)(F)F)N1CCN(CC(=O)N2CCCC2)CC1. The van der Waals surface area contributed by atoms with Crippen LogP contribution in [0.3, 0.4) is 0 Å². The molecule has 0 spiro atoms. The fourth-order valence-electron chi connectivity index (χ4n) is 3.07. The number of piperazine rings is 1. The molecule has 0 saturated carbocycles. The second-order valence-corrected chi connectivity index (χ2v) is 6.41. The van der Waals surface area contributed by atoms with Gasteiger partial charge < -0.3 is 10.2 Å². The first-order valence-corrected chi connectivity index (χ1v) is 8.35. The van der Waals surface area contributed by atoms with Crippen LogP contribution >= 0.6 is 0 Å². The maximum atomic E-state index is 12.2. The van der Waals surface area contributed by atoms with Crippen molar-refractivity contribution in [2.45, 2.75) is 32.0 Å². The summed E-state index contributed by atoms with van der Waals surface area (Å²) >= 11 is 0. The highest BCUT2D eigenvalue weighted by Gasteiger charge is 2.31. The zero-order valence-corrected chi connectivity index (χ0v) is 13.9. The predicted octanol–water partition coefficient (Wildman–Crippen LogP) is 0.293. The van der Waals surface area contributed by atoms with E-state index in [4.69, 9.17) is 0 Å². The number of hydrogen-bond donors (Lipinski definition) is 1. The summed E-state index contributed by atoms with van der Waals surface area (Å²) in [7, 11) is 0. The molecule has 2 amide bonds. The number of likely N-dealkylation sites (tertiary alicyclic amines) is 1. The largest absolute Gasteiger partial charge is 0.405 e. The van der Waals surface area contributed by atoms with E-state index in [1.165, 1.54) is 0 Å². The van der Waals surface area contributed by atoms with Gasteiger partial charge in [0.15, 0.2) is 0 Å². The van der Waals surface area contributed by atoms with Crippen molar-refractivity contribution in [2.75, 3.05) is 52.4 Å². The van der Waals surface area contributed by atoms with Crippen LogP contribution in [-0.4, -0.2) is 91.1 Å². The second kappa shape index (κ2) is 8.15. The second-order valence-electron chi connectivity index (χ2n) is 6.41. The van der Waals surface area contributed by atoms with Crippen LogP contribution in [0, 0.1) is 0 Å². The van der Waals surface area contributed by atoms with E-state index in [0.29, 0.717) is 32.7 Å². The first-order chi connectivity index (χ1) is 11.3. The minimum atomic E-state index is -4.40. The van der Waals surface area contributed by atoms with Gasteiger partial charge in [0.1, 0.15) is 6.54 Å². The Morgan fingerprint density at radius 1 is 1.04 bits per heavy atom. The molecule has 138 valence electrons. The van der Waals surface area contributed by atoms with E-state index in [1.54, 1.807) is 6.92 Å². The highest BCUT2D eigenvalue weighted by Crippen LogP contribution is 2.13. The minimum absolute atomic E-state index is 0.136. The molecule has 2 aliphatic rings. The maximum absolute atomic E-state index is 12.2. The number of carbonyl (C=O) groups excluding carboxylic acids is 2. The Labute approximate surface area is 139 Å². The van der Waals surface area contributed by atoms with Gasteiger partial charge in [-0.15, -0.1) is 0 Å². The van der Waals surface area contributed by atoms with Crippen molar-refractivity contribution in [1.82, 2.24) is 20.0 Å². The van der Waals surface area contributed by atoms with Gasteiger partial charge in [-0.25, -0.2) is 0 Å². The zero-order valence-electron chi connectivity index (χ0n) is 13.9. The van der Waals surface area contributed by atoms with Gasteiger partial charge in [-0.2, -0.15) is 13.2 Å². The van der Waals surface area contributed by atoms with Crippen LogP contribution in [0.1, 0.15) is 19.8 Å². The average molecular weight is 350 g/mol. The van der Waals surface area contributed by atoms with Crippen LogP contribution in [0.5, 0.6) is 0 Å². The monoisotopic (exact) mass is 350 g/mol.